The Morgan fingerprint density at radius 2 is 1.92 bits per heavy atom. The van der Waals surface area contributed by atoms with E-state index in [4.69, 9.17) is 0 Å². The van der Waals surface area contributed by atoms with E-state index in [-0.39, 0.29) is 18.5 Å². The van der Waals surface area contributed by atoms with Gasteiger partial charge in [-0.2, -0.15) is 0 Å². The number of alkyl halides is 1. The maximum atomic E-state index is 14.5. The van der Waals surface area contributed by atoms with E-state index in [0.717, 1.165) is 42.5 Å². The number of hydrogen-bond donors (Lipinski definition) is 1. The first-order valence-electron chi connectivity index (χ1n) is 12.6. The molecule has 3 atom stereocenters. The summed E-state index contributed by atoms with van der Waals surface area (Å²) in [7, 11) is 0. The van der Waals surface area contributed by atoms with Crippen molar-refractivity contribution in [1.82, 2.24) is 19.6 Å². The van der Waals surface area contributed by atoms with Gasteiger partial charge < -0.3 is 14.9 Å². The Morgan fingerprint density at radius 3 is 2.68 bits per heavy atom. The van der Waals surface area contributed by atoms with Gasteiger partial charge in [0.2, 0.25) is 0 Å². The molecule has 4 aromatic rings. The molecule has 196 valence electrons. The summed E-state index contributed by atoms with van der Waals surface area (Å²) in [6.45, 7) is 3.23. The highest BCUT2D eigenvalue weighted by Crippen LogP contribution is 2.38. The van der Waals surface area contributed by atoms with E-state index < -0.39 is 29.4 Å². The molecule has 0 unspecified atom stereocenters. The van der Waals surface area contributed by atoms with Crippen LogP contribution in [0.25, 0.3) is 17.8 Å². The lowest BCUT2D eigenvalue weighted by Gasteiger charge is -2.26. The van der Waals surface area contributed by atoms with Gasteiger partial charge in [-0.1, -0.05) is 0 Å². The Labute approximate surface area is 217 Å². The van der Waals surface area contributed by atoms with Crippen molar-refractivity contribution in [3.63, 3.8) is 0 Å². The second-order valence-electron chi connectivity index (χ2n) is 10.3. The molecule has 10 heteroatoms. The van der Waals surface area contributed by atoms with Crippen molar-refractivity contribution in [3.05, 3.63) is 83.4 Å². The van der Waals surface area contributed by atoms with Crippen LogP contribution < -0.4 is 9.80 Å². The molecule has 2 aliphatic rings. The number of β-amino-alcohol motifs (C(OH)–C–C–N with tert-alkyl or cyclic N) is 1. The van der Waals surface area contributed by atoms with Gasteiger partial charge in [0.15, 0.2) is 5.65 Å². The Morgan fingerprint density at radius 1 is 1.05 bits per heavy atom. The molecule has 0 amide bonds. The fourth-order valence-electron chi connectivity index (χ4n) is 5.27. The Kier molecular flexibility index (Phi) is 6.06. The van der Waals surface area contributed by atoms with Crippen LogP contribution in [0.3, 0.4) is 0 Å². The third-order valence-electron chi connectivity index (χ3n) is 7.25. The number of benzene rings is 1. The number of anilines is 2. The first kappa shape index (κ1) is 24.4. The summed E-state index contributed by atoms with van der Waals surface area (Å²) >= 11 is 0. The van der Waals surface area contributed by atoms with E-state index in [1.807, 2.05) is 31.2 Å². The van der Waals surface area contributed by atoms with E-state index in [1.54, 1.807) is 33.9 Å². The molecular weight excluding hydrogens is 493 g/mol. The van der Waals surface area contributed by atoms with Crippen molar-refractivity contribution in [1.29, 1.82) is 0 Å². The summed E-state index contributed by atoms with van der Waals surface area (Å²) < 4.78 is 44.5. The van der Waals surface area contributed by atoms with Crippen LogP contribution in [0, 0.1) is 11.6 Å². The Bertz CT molecular complexity index is 1500. The monoisotopic (exact) mass is 520 g/mol. The number of halogens is 3. The minimum atomic E-state index is -1.19. The molecule has 0 saturated carbocycles. The van der Waals surface area contributed by atoms with Gasteiger partial charge in [0, 0.05) is 25.1 Å². The molecule has 2 aliphatic heterocycles. The van der Waals surface area contributed by atoms with Crippen molar-refractivity contribution in [2.24, 2.45) is 0 Å². The molecule has 0 aliphatic carbocycles. The molecule has 1 aromatic carbocycles. The summed E-state index contributed by atoms with van der Waals surface area (Å²) in [5.74, 6) is -0.692. The predicted octanol–water partition coefficient (Wildman–Crippen LogP) is 4.82. The van der Waals surface area contributed by atoms with Crippen LogP contribution in [0.4, 0.5) is 24.7 Å². The average molecular weight is 521 g/mol. The van der Waals surface area contributed by atoms with Crippen LogP contribution >= 0.6 is 0 Å². The van der Waals surface area contributed by atoms with Gasteiger partial charge in [-0.25, -0.2) is 22.7 Å². The molecule has 2 fully saturated rings. The molecule has 0 radical (unpaired) electrons. The van der Waals surface area contributed by atoms with E-state index in [9.17, 15) is 18.3 Å². The van der Waals surface area contributed by atoms with E-state index in [2.05, 4.69) is 20.0 Å². The number of nitrogens with zero attached hydrogens (tertiary/aromatic N) is 6. The third kappa shape index (κ3) is 4.71. The zero-order valence-electron chi connectivity index (χ0n) is 20.8. The van der Waals surface area contributed by atoms with Gasteiger partial charge in [0.1, 0.15) is 23.6 Å². The molecule has 5 heterocycles. The van der Waals surface area contributed by atoms with Crippen LogP contribution in [-0.4, -0.2) is 56.1 Å². The Balaban J connectivity index is 1.25. The maximum absolute atomic E-state index is 14.5. The molecule has 1 N–H and O–H groups in total. The quantitative estimate of drug-likeness (QED) is 0.407. The predicted molar refractivity (Wildman–Crippen MR) is 140 cm³/mol. The minimum Gasteiger partial charge on any atom is -0.388 e. The lowest BCUT2D eigenvalue weighted by Crippen LogP contribution is -2.29. The third-order valence-corrected chi connectivity index (χ3v) is 7.25. The summed E-state index contributed by atoms with van der Waals surface area (Å²) in [4.78, 5) is 12.7. The van der Waals surface area contributed by atoms with Crippen LogP contribution in [0.1, 0.15) is 42.8 Å². The van der Waals surface area contributed by atoms with Gasteiger partial charge in [-0.05, 0) is 68.0 Å². The highest BCUT2D eigenvalue weighted by molar-refractivity contribution is 5.68. The lowest BCUT2D eigenvalue weighted by molar-refractivity contribution is 0.0839. The first-order chi connectivity index (χ1) is 18.3. The van der Waals surface area contributed by atoms with Crippen LogP contribution in [0.5, 0.6) is 0 Å². The highest BCUT2D eigenvalue weighted by Gasteiger charge is 2.36. The van der Waals surface area contributed by atoms with Gasteiger partial charge in [0.25, 0.3) is 0 Å². The first-order valence-corrected chi connectivity index (χ1v) is 12.6. The summed E-state index contributed by atoms with van der Waals surface area (Å²) in [5.41, 5.74) is 2.42. The molecule has 7 nitrogen and oxygen atoms in total. The fourth-order valence-corrected chi connectivity index (χ4v) is 5.27. The second-order valence-corrected chi connectivity index (χ2v) is 10.3. The van der Waals surface area contributed by atoms with Crippen molar-refractivity contribution in [2.45, 2.75) is 37.6 Å². The van der Waals surface area contributed by atoms with Gasteiger partial charge in [-0.15, -0.1) is 5.10 Å². The fraction of sp³-hybridized carbons (Fsp3) is 0.321. The number of hydrogen-bond acceptors (Lipinski definition) is 6. The van der Waals surface area contributed by atoms with Crippen molar-refractivity contribution in [3.8, 4) is 0 Å². The van der Waals surface area contributed by atoms with E-state index >= 15 is 0 Å². The minimum absolute atomic E-state index is 0.0295. The second kappa shape index (κ2) is 9.43. The largest absolute Gasteiger partial charge is 0.388 e. The van der Waals surface area contributed by atoms with Crippen molar-refractivity contribution >= 4 is 29.3 Å². The molecule has 38 heavy (non-hydrogen) atoms. The molecule has 3 aromatic heterocycles. The summed E-state index contributed by atoms with van der Waals surface area (Å²) in [6.07, 6.45) is 6.73. The van der Waals surface area contributed by atoms with Gasteiger partial charge >= 0.3 is 0 Å². The van der Waals surface area contributed by atoms with E-state index in [0.29, 0.717) is 23.7 Å². The van der Waals surface area contributed by atoms with Crippen molar-refractivity contribution < 1.29 is 18.3 Å². The molecule has 2 saturated heterocycles. The highest BCUT2D eigenvalue weighted by atomic mass is 19.1. The lowest BCUT2D eigenvalue weighted by atomic mass is 10.0. The average Bonchev–Trinajstić information content (AvgIpc) is 3.60. The summed E-state index contributed by atoms with van der Waals surface area (Å²) in [6, 6.07) is 9.94. The standard InChI is InChI=1S/C28H27F3N6O/c1-28(38)10-11-35(17-28)21-5-3-20(32-14-21)4-6-22-15-33-26-8-9-27(34-37(22)26)36-16-19(30)13-25(36)23-12-18(29)2-7-24(23)31/h2-9,12,14-15,19,25,38H,10-11,13,16-17H2,1H3/b6-4+/t19-,25+,28-/m0/s1. The van der Waals surface area contributed by atoms with Crippen LogP contribution in [-0.2, 0) is 0 Å². The smallest absolute Gasteiger partial charge is 0.154 e. The normalized spacial score (nSPS) is 23.8. The van der Waals surface area contributed by atoms with Crippen LogP contribution in [0.2, 0.25) is 0 Å². The zero-order chi connectivity index (χ0) is 26.4. The molecule has 0 bridgehead atoms. The van der Waals surface area contributed by atoms with E-state index in [1.165, 1.54) is 0 Å². The number of rotatable bonds is 5. The molecule has 0 spiro atoms. The van der Waals surface area contributed by atoms with Crippen molar-refractivity contribution in [2.75, 3.05) is 29.4 Å². The zero-order valence-corrected chi connectivity index (χ0v) is 20.8. The van der Waals surface area contributed by atoms with Gasteiger partial charge in [-0.3, -0.25) is 4.98 Å². The number of aromatic nitrogens is 4. The summed E-state index contributed by atoms with van der Waals surface area (Å²) in [5, 5.41) is 14.9. The number of fused-ring (bicyclic) bond motifs is 1. The number of imidazole rings is 1. The van der Waals surface area contributed by atoms with Crippen LogP contribution in [0.15, 0.2) is 54.9 Å². The SMILES string of the molecule is C[C@]1(O)CCN(c2ccc(/C=C/c3cnc4ccc(N5C[C@@H](F)C[C@@H]5c5cc(F)ccc5F)nn34)nc2)C1. The molecular formula is C28H27F3N6O. The van der Waals surface area contributed by atoms with Gasteiger partial charge in [0.05, 0.1) is 47.7 Å². The number of aliphatic hydroxyl groups is 1. The number of pyridine rings is 1. The maximum Gasteiger partial charge on any atom is 0.154 e. The topological polar surface area (TPSA) is 69.8 Å². The molecule has 6 rings (SSSR count). The Hall–Kier alpha value is -3.92.